The summed E-state index contributed by atoms with van der Waals surface area (Å²) in [5, 5.41) is 5.92. The molecule has 1 aliphatic rings. The molecule has 5 nitrogen and oxygen atoms in total. The zero-order chi connectivity index (χ0) is 21.2. The Morgan fingerprint density at radius 2 is 1.84 bits per heavy atom. The number of thiazole rings is 1. The number of hydrogen-bond donors (Lipinski definition) is 1. The third kappa shape index (κ3) is 4.24. The molecule has 3 heterocycles. The Balaban J connectivity index is 1.23. The molecule has 0 aliphatic carbocycles. The molecular formula is C24H21N3O2S2. The third-order valence-corrected chi connectivity index (χ3v) is 7.50. The maximum atomic E-state index is 12.8. The molecule has 0 spiro atoms. The number of amides is 2. The Labute approximate surface area is 188 Å². The van der Waals surface area contributed by atoms with Crippen LogP contribution in [0.3, 0.4) is 0 Å². The molecule has 0 saturated carbocycles. The van der Waals surface area contributed by atoms with E-state index in [1.165, 1.54) is 11.3 Å². The Bertz CT molecular complexity index is 1190. The molecule has 1 saturated heterocycles. The number of para-hydroxylation sites is 1. The minimum absolute atomic E-state index is 0.0182. The van der Waals surface area contributed by atoms with Crippen LogP contribution in [-0.2, 0) is 4.79 Å². The van der Waals surface area contributed by atoms with Gasteiger partial charge in [0.15, 0.2) is 0 Å². The highest BCUT2D eigenvalue weighted by Crippen LogP contribution is 2.31. The number of carbonyl (C=O) groups excluding carboxylic acids is 2. The summed E-state index contributed by atoms with van der Waals surface area (Å²) in [7, 11) is 0. The number of anilines is 1. The monoisotopic (exact) mass is 447 g/mol. The van der Waals surface area contributed by atoms with Crippen LogP contribution in [0.5, 0.6) is 0 Å². The lowest BCUT2D eigenvalue weighted by Crippen LogP contribution is -2.41. The standard InChI is InChI=1S/C24H21N3O2S2/c28-22(16-10-12-27(13-11-16)24(29)21-9-4-14-30-21)25-18-6-3-5-17(15-18)23-26-19-7-1-2-8-20(19)31-23/h1-9,14-16H,10-13H2,(H,25,28). The molecule has 4 aromatic rings. The maximum Gasteiger partial charge on any atom is 0.263 e. The molecule has 1 fully saturated rings. The number of benzene rings is 2. The van der Waals surface area contributed by atoms with Crippen LogP contribution in [0.15, 0.2) is 66.0 Å². The predicted octanol–water partition coefficient (Wildman–Crippen LogP) is 5.52. The van der Waals surface area contributed by atoms with E-state index in [1.807, 2.05) is 64.9 Å². The summed E-state index contributed by atoms with van der Waals surface area (Å²) in [5.74, 6) is 0.000518. The minimum atomic E-state index is -0.0847. The summed E-state index contributed by atoms with van der Waals surface area (Å²) in [5.41, 5.74) is 2.76. The average Bonchev–Trinajstić information content (AvgIpc) is 3.49. The number of aromatic nitrogens is 1. The van der Waals surface area contributed by atoms with E-state index in [0.717, 1.165) is 31.4 Å². The minimum Gasteiger partial charge on any atom is -0.338 e. The normalized spacial score (nSPS) is 14.6. The Morgan fingerprint density at radius 3 is 2.61 bits per heavy atom. The first kappa shape index (κ1) is 19.9. The van der Waals surface area contributed by atoms with Crippen LogP contribution >= 0.6 is 22.7 Å². The van der Waals surface area contributed by atoms with Gasteiger partial charge >= 0.3 is 0 Å². The highest BCUT2D eigenvalue weighted by molar-refractivity contribution is 7.21. The molecule has 0 unspecified atom stereocenters. The van der Waals surface area contributed by atoms with E-state index >= 15 is 0 Å². The summed E-state index contributed by atoms with van der Waals surface area (Å²) in [6.45, 7) is 1.22. The van der Waals surface area contributed by atoms with Crippen molar-refractivity contribution in [3.63, 3.8) is 0 Å². The van der Waals surface area contributed by atoms with Gasteiger partial charge in [0.2, 0.25) is 5.91 Å². The molecule has 0 atom stereocenters. The molecule has 2 aromatic carbocycles. The second kappa shape index (κ2) is 8.61. The fourth-order valence-electron chi connectivity index (χ4n) is 3.87. The molecule has 0 bridgehead atoms. The number of thiophene rings is 1. The zero-order valence-electron chi connectivity index (χ0n) is 16.8. The number of rotatable bonds is 4. The molecule has 5 rings (SSSR count). The zero-order valence-corrected chi connectivity index (χ0v) is 18.4. The van der Waals surface area contributed by atoms with Crippen molar-refractivity contribution in [3.8, 4) is 10.6 Å². The average molecular weight is 448 g/mol. The number of piperidine rings is 1. The van der Waals surface area contributed by atoms with Crippen LogP contribution in [0.2, 0.25) is 0 Å². The highest BCUT2D eigenvalue weighted by atomic mass is 32.1. The second-order valence-electron chi connectivity index (χ2n) is 7.60. The third-order valence-electron chi connectivity index (χ3n) is 5.56. The molecule has 2 aromatic heterocycles. The van der Waals surface area contributed by atoms with Crippen LogP contribution in [0.25, 0.3) is 20.8 Å². The van der Waals surface area contributed by atoms with Crippen LogP contribution in [0, 0.1) is 5.92 Å². The lowest BCUT2D eigenvalue weighted by molar-refractivity contribution is -0.121. The van der Waals surface area contributed by atoms with Gasteiger partial charge in [-0.15, -0.1) is 22.7 Å². The lowest BCUT2D eigenvalue weighted by atomic mass is 9.95. The number of carbonyl (C=O) groups is 2. The maximum absolute atomic E-state index is 12.8. The largest absolute Gasteiger partial charge is 0.338 e. The highest BCUT2D eigenvalue weighted by Gasteiger charge is 2.28. The van der Waals surface area contributed by atoms with Gasteiger partial charge in [0, 0.05) is 30.3 Å². The summed E-state index contributed by atoms with van der Waals surface area (Å²) in [6.07, 6.45) is 1.36. The van der Waals surface area contributed by atoms with E-state index in [4.69, 9.17) is 4.98 Å². The van der Waals surface area contributed by atoms with Crippen molar-refractivity contribution in [2.45, 2.75) is 12.8 Å². The topological polar surface area (TPSA) is 62.3 Å². The van der Waals surface area contributed by atoms with Gasteiger partial charge in [-0.2, -0.15) is 0 Å². The van der Waals surface area contributed by atoms with Gasteiger partial charge in [-0.05, 0) is 48.6 Å². The van der Waals surface area contributed by atoms with Gasteiger partial charge in [0.1, 0.15) is 5.01 Å². The van der Waals surface area contributed by atoms with E-state index in [2.05, 4.69) is 11.4 Å². The van der Waals surface area contributed by atoms with Gasteiger partial charge in [-0.1, -0.05) is 30.3 Å². The Kier molecular flexibility index (Phi) is 5.53. The molecular weight excluding hydrogens is 426 g/mol. The van der Waals surface area contributed by atoms with Crippen molar-refractivity contribution in [2.24, 2.45) is 5.92 Å². The first-order valence-electron chi connectivity index (χ1n) is 10.3. The Hall–Kier alpha value is -3.03. The summed E-state index contributed by atoms with van der Waals surface area (Å²) in [6, 6.07) is 19.7. The van der Waals surface area contributed by atoms with Gasteiger partial charge in [0.25, 0.3) is 5.91 Å². The summed E-state index contributed by atoms with van der Waals surface area (Å²) >= 11 is 3.11. The van der Waals surface area contributed by atoms with E-state index < -0.39 is 0 Å². The van der Waals surface area contributed by atoms with Crippen molar-refractivity contribution in [3.05, 3.63) is 70.9 Å². The smallest absolute Gasteiger partial charge is 0.263 e. The molecule has 1 aliphatic heterocycles. The van der Waals surface area contributed by atoms with Crippen LogP contribution in [-0.4, -0.2) is 34.8 Å². The quantitative estimate of drug-likeness (QED) is 0.448. The van der Waals surface area contributed by atoms with Crippen molar-refractivity contribution >= 4 is 50.4 Å². The molecule has 156 valence electrons. The fraction of sp³-hybridized carbons (Fsp3) is 0.208. The molecule has 0 radical (unpaired) electrons. The molecule has 31 heavy (non-hydrogen) atoms. The Morgan fingerprint density at radius 1 is 1.00 bits per heavy atom. The lowest BCUT2D eigenvalue weighted by Gasteiger charge is -2.31. The van der Waals surface area contributed by atoms with E-state index in [1.54, 1.807) is 11.3 Å². The second-order valence-corrected chi connectivity index (χ2v) is 9.58. The van der Waals surface area contributed by atoms with Gasteiger partial charge in [-0.3, -0.25) is 9.59 Å². The number of nitrogens with one attached hydrogen (secondary N) is 1. The molecule has 7 heteroatoms. The van der Waals surface area contributed by atoms with Crippen LogP contribution in [0.1, 0.15) is 22.5 Å². The molecule has 1 N–H and O–H groups in total. The number of hydrogen-bond acceptors (Lipinski definition) is 5. The van der Waals surface area contributed by atoms with E-state index in [0.29, 0.717) is 25.9 Å². The first-order valence-corrected chi connectivity index (χ1v) is 12.0. The van der Waals surface area contributed by atoms with Crippen LogP contribution < -0.4 is 5.32 Å². The van der Waals surface area contributed by atoms with Gasteiger partial charge in [0.05, 0.1) is 15.1 Å². The predicted molar refractivity (Wildman–Crippen MR) is 127 cm³/mol. The SMILES string of the molecule is O=C(Nc1cccc(-c2nc3ccccc3s2)c1)C1CCN(C(=O)c2cccs2)CC1. The fourth-order valence-corrected chi connectivity index (χ4v) is 5.52. The van der Waals surface area contributed by atoms with Gasteiger partial charge in [-0.25, -0.2) is 4.98 Å². The van der Waals surface area contributed by atoms with E-state index in [9.17, 15) is 9.59 Å². The number of nitrogens with zero attached hydrogens (tertiary/aromatic N) is 2. The number of likely N-dealkylation sites (tertiary alicyclic amines) is 1. The van der Waals surface area contributed by atoms with Crippen molar-refractivity contribution in [2.75, 3.05) is 18.4 Å². The summed E-state index contributed by atoms with van der Waals surface area (Å²) < 4.78 is 1.15. The van der Waals surface area contributed by atoms with Crippen LogP contribution in [0.4, 0.5) is 5.69 Å². The van der Waals surface area contributed by atoms with Crippen molar-refractivity contribution in [1.29, 1.82) is 0 Å². The number of fused-ring (bicyclic) bond motifs is 1. The van der Waals surface area contributed by atoms with E-state index in [-0.39, 0.29) is 17.7 Å². The first-order chi connectivity index (χ1) is 15.2. The van der Waals surface area contributed by atoms with Crippen molar-refractivity contribution in [1.82, 2.24) is 9.88 Å². The molecule has 2 amide bonds. The summed E-state index contributed by atoms with van der Waals surface area (Å²) in [4.78, 5) is 32.6. The van der Waals surface area contributed by atoms with Gasteiger partial charge < -0.3 is 10.2 Å². The van der Waals surface area contributed by atoms with Crippen molar-refractivity contribution < 1.29 is 9.59 Å².